The highest BCUT2D eigenvalue weighted by Gasteiger charge is 2.36. The van der Waals surface area contributed by atoms with E-state index >= 15 is 0 Å². The summed E-state index contributed by atoms with van der Waals surface area (Å²) in [5, 5.41) is 10.1. The molecule has 0 bridgehead atoms. The third-order valence-electron chi connectivity index (χ3n) is 2.98. The summed E-state index contributed by atoms with van der Waals surface area (Å²) in [6.07, 6.45) is 2.56. The summed E-state index contributed by atoms with van der Waals surface area (Å²) < 4.78 is 1.66. The molecule has 2 heterocycles. The minimum atomic E-state index is -0.287. The highest BCUT2D eigenvalue weighted by molar-refractivity contribution is 5.94. The van der Waals surface area contributed by atoms with Crippen molar-refractivity contribution < 1.29 is 4.79 Å². The molecule has 0 aromatic carbocycles. The Balaban J connectivity index is 0.00000128. The minimum Gasteiger partial charge on any atom is -0.316 e. The van der Waals surface area contributed by atoms with E-state index in [9.17, 15) is 4.79 Å². The SMILES string of the molecule is Cl.Cn1nccc1NC(=O)C1(C)CCNC1. The number of nitrogens with one attached hydrogen (secondary N) is 2. The van der Waals surface area contributed by atoms with E-state index in [0.717, 1.165) is 25.3 Å². The topological polar surface area (TPSA) is 59.0 Å². The second-order valence-corrected chi connectivity index (χ2v) is 4.28. The first-order valence-corrected chi connectivity index (χ1v) is 5.12. The second kappa shape index (κ2) is 4.84. The highest BCUT2D eigenvalue weighted by Crippen LogP contribution is 2.26. The maximum absolute atomic E-state index is 12.0. The average molecular weight is 245 g/mol. The molecule has 2 rings (SSSR count). The van der Waals surface area contributed by atoms with Crippen LogP contribution in [0.1, 0.15) is 13.3 Å². The molecule has 2 N–H and O–H groups in total. The summed E-state index contributed by atoms with van der Waals surface area (Å²) in [6.45, 7) is 3.64. The van der Waals surface area contributed by atoms with Gasteiger partial charge in [-0.1, -0.05) is 0 Å². The third kappa shape index (κ3) is 2.36. The third-order valence-corrected chi connectivity index (χ3v) is 2.98. The monoisotopic (exact) mass is 244 g/mol. The van der Waals surface area contributed by atoms with Crippen LogP contribution >= 0.6 is 12.4 Å². The number of anilines is 1. The summed E-state index contributed by atoms with van der Waals surface area (Å²) in [4.78, 5) is 12.0. The van der Waals surface area contributed by atoms with Gasteiger partial charge in [-0.25, -0.2) is 0 Å². The largest absolute Gasteiger partial charge is 0.316 e. The first-order valence-electron chi connectivity index (χ1n) is 5.12. The number of rotatable bonds is 2. The summed E-state index contributed by atoms with van der Waals surface area (Å²) >= 11 is 0. The molecule has 1 fully saturated rings. The molecule has 1 aromatic rings. The molecule has 0 radical (unpaired) electrons. The molecule has 1 amide bonds. The van der Waals surface area contributed by atoms with E-state index in [1.807, 2.05) is 14.0 Å². The van der Waals surface area contributed by atoms with Gasteiger partial charge in [0.15, 0.2) is 0 Å². The van der Waals surface area contributed by atoms with Gasteiger partial charge in [-0.05, 0) is 19.9 Å². The van der Waals surface area contributed by atoms with Crippen molar-refractivity contribution in [2.75, 3.05) is 18.4 Å². The smallest absolute Gasteiger partial charge is 0.232 e. The van der Waals surface area contributed by atoms with Crippen molar-refractivity contribution in [3.63, 3.8) is 0 Å². The lowest BCUT2D eigenvalue weighted by atomic mass is 9.89. The number of aryl methyl sites for hydroxylation is 1. The van der Waals surface area contributed by atoms with Gasteiger partial charge in [0.25, 0.3) is 0 Å². The molecular formula is C10H17ClN4O. The number of carbonyl (C=O) groups excluding carboxylic acids is 1. The quantitative estimate of drug-likeness (QED) is 0.809. The van der Waals surface area contributed by atoms with Crippen molar-refractivity contribution >= 4 is 24.1 Å². The maximum atomic E-state index is 12.0. The van der Waals surface area contributed by atoms with E-state index in [-0.39, 0.29) is 23.7 Å². The van der Waals surface area contributed by atoms with E-state index in [4.69, 9.17) is 0 Å². The Labute approximate surface area is 101 Å². The zero-order valence-corrected chi connectivity index (χ0v) is 10.3. The van der Waals surface area contributed by atoms with Gasteiger partial charge in [-0.15, -0.1) is 12.4 Å². The number of hydrogen-bond donors (Lipinski definition) is 2. The number of halogens is 1. The molecule has 16 heavy (non-hydrogen) atoms. The van der Waals surface area contributed by atoms with E-state index in [1.165, 1.54) is 0 Å². The number of amides is 1. The summed E-state index contributed by atoms with van der Waals surface area (Å²) in [6, 6.07) is 1.80. The van der Waals surface area contributed by atoms with Gasteiger partial charge in [0.05, 0.1) is 11.6 Å². The van der Waals surface area contributed by atoms with Crippen molar-refractivity contribution in [3.8, 4) is 0 Å². The fraction of sp³-hybridized carbons (Fsp3) is 0.600. The predicted molar refractivity (Wildman–Crippen MR) is 64.7 cm³/mol. The lowest BCUT2D eigenvalue weighted by molar-refractivity contribution is -0.123. The highest BCUT2D eigenvalue weighted by atomic mass is 35.5. The predicted octanol–water partition coefficient (Wildman–Crippen LogP) is 0.780. The molecule has 5 nitrogen and oxygen atoms in total. The van der Waals surface area contributed by atoms with Crippen LogP contribution in [-0.4, -0.2) is 28.8 Å². The van der Waals surface area contributed by atoms with Gasteiger partial charge in [0, 0.05) is 19.7 Å². The molecule has 1 atom stereocenters. The second-order valence-electron chi connectivity index (χ2n) is 4.28. The molecule has 0 spiro atoms. The van der Waals surface area contributed by atoms with Crippen LogP contribution in [0.15, 0.2) is 12.3 Å². The van der Waals surface area contributed by atoms with Crippen LogP contribution in [0, 0.1) is 5.41 Å². The number of carbonyl (C=O) groups is 1. The van der Waals surface area contributed by atoms with Crippen molar-refractivity contribution in [1.82, 2.24) is 15.1 Å². The fourth-order valence-corrected chi connectivity index (χ4v) is 1.77. The van der Waals surface area contributed by atoms with Gasteiger partial charge in [-0.2, -0.15) is 5.10 Å². The lowest BCUT2D eigenvalue weighted by Crippen LogP contribution is -2.35. The van der Waals surface area contributed by atoms with Crippen LogP contribution in [0.4, 0.5) is 5.82 Å². The van der Waals surface area contributed by atoms with Crippen LogP contribution < -0.4 is 10.6 Å². The summed E-state index contributed by atoms with van der Waals surface area (Å²) in [7, 11) is 1.81. The minimum absolute atomic E-state index is 0. The molecule has 1 saturated heterocycles. The van der Waals surface area contributed by atoms with Gasteiger partial charge in [0.1, 0.15) is 5.82 Å². The molecule has 0 aliphatic carbocycles. The lowest BCUT2D eigenvalue weighted by Gasteiger charge is -2.21. The molecule has 1 aliphatic rings. The van der Waals surface area contributed by atoms with E-state index < -0.39 is 0 Å². The number of aromatic nitrogens is 2. The summed E-state index contributed by atoms with van der Waals surface area (Å²) in [5.74, 6) is 0.809. The molecule has 1 aliphatic heterocycles. The first-order chi connectivity index (χ1) is 7.12. The van der Waals surface area contributed by atoms with Crippen LogP contribution in [0.3, 0.4) is 0 Å². The van der Waals surface area contributed by atoms with Crippen molar-refractivity contribution in [1.29, 1.82) is 0 Å². The van der Waals surface area contributed by atoms with Crippen molar-refractivity contribution in [2.45, 2.75) is 13.3 Å². The zero-order valence-electron chi connectivity index (χ0n) is 9.49. The number of hydrogen-bond acceptors (Lipinski definition) is 3. The van der Waals surface area contributed by atoms with E-state index in [2.05, 4.69) is 15.7 Å². The molecule has 0 saturated carbocycles. The molecule has 1 aromatic heterocycles. The zero-order chi connectivity index (χ0) is 10.9. The number of nitrogens with zero attached hydrogens (tertiary/aromatic N) is 2. The maximum Gasteiger partial charge on any atom is 0.232 e. The average Bonchev–Trinajstić information content (AvgIpc) is 2.78. The molecule has 1 unspecified atom stereocenters. The first kappa shape index (κ1) is 13.0. The molecular weight excluding hydrogens is 228 g/mol. The molecule has 6 heteroatoms. The van der Waals surface area contributed by atoms with Crippen molar-refractivity contribution in [2.24, 2.45) is 12.5 Å². The van der Waals surface area contributed by atoms with E-state index in [1.54, 1.807) is 16.9 Å². The van der Waals surface area contributed by atoms with Crippen LogP contribution in [0.25, 0.3) is 0 Å². The Hall–Kier alpha value is -1.07. The normalized spacial score (nSPS) is 23.9. The summed E-state index contributed by atoms with van der Waals surface area (Å²) in [5.41, 5.74) is -0.287. The van der Waals surface area contributed by atoms with Gasteiger partial charge >= 0.3 is 0 Å². The van der Waals surface area contributed by atoms with Gasteiger partial charge in [0.2, 0.25) is 5.91 Å². The Morgan fingerprint density at radius 1 is 1.69 bits per heavy atom. The van der Waals surface area contributed by atoms with Crippen molar-refractivity contribution in [3.05, 3.63) is 12.3 Å². The van der Waals surface area contributed by atoms with Gasteiger partial charge < -0.3 is 10.6 Å². The molecule has 90 valence electrons. The fourth-order valence-electron chi connectivity index (χ4n) is 1.77. The Morgan fingerprint density at radius 3 is 2.94 bits per heavy atom. The Kier molecular flexibility index (Phi) is 3.93. The Morgan fingerprint density at radius 2 is 2.44 bits per heavy atom. The van der Waals surface area contributed by atoms with Crippen LogP contribution in [0.5, 0.6) is 0 Å². The Bertz CT molecular complexity index is 371. The van der Waals surface area contributed by atoms with E-state index in [0.29, 0.717) is 0 Å². The van der Waals surface area contributed by atoms with Crippen LogP contribution in [0.2, 0.25) is 0 Å². The standard InChI is InChI=1S/C10H16N4O.ClH/c1-10(4-6-11-7-10)9(15)13-8-3-5-12-14(8)2;/h3,5,11H,4,6-7H2,1-2H3,(H,13,15);1H. The van der Waals surface area contributed by atoms with Gasteiger partial charge in [-0.3, -0.25) is 9.48 Å². The van der Waals surface area contributed by atoms with Crippen LogP contribution in [-0.2, 0) is 11.8 Å².